The summed E-state index contributed by atoms with van der Waals surface area (Å²) in [4.78, 5) is 16.7. The maximum Gasteiger partial charge on any atom is 0.274 e. The number of nitrogens with zero attached hydrogens (tertiary/aromatic N) is 5. The van der Waals surface area contributed by atoms with Gasteiger partial charge in [-0.3, -0.25) is 9.89 Å². The Bertz CT molecular complexity index is 922. The minimum Gasteiger partial charge on any atom is -0.463 e. The van der Waals surface area contributed by atoms with Crippen LogP contribution in [0.3, 0.4) is 0 Å². The van der Waals surface area contributed by atoms with E-state index in [0.29, 0.717) is 36.2 Å². The van der Waals surface area contributed by atoms with Crippen molar-refractivity contribution in [1.29, 1.82) is 0 Å². The molecule has 3 aromatic rings. The van der Waals surface area contributed by atoms with Crippen molar-refractivity contribution >= 4 is 11.7 Å². The molecule has 0 unspecified atom stereocenters. The molecule has 0 radical (unpaired) electrons. The number of carbonyl (C=O) groups excluding carboxylic acids is 1. The lowest BCUT2D eigenvalue weighted by atomic mass is 10.2. The Kier molecular flexibility index (Phi) is 3.88. The highest BCUT2D eigenvalue weighted by atomic mass is 16.3. The maximum absolute atomic E-state index is 12.7. The van der Waals surface area contributed by atoms with Gasteiger partial charge in [-0.25, -0.2) is 0 Å². The molecule has 1 amide bonds. The summed E-state index contributed by atoms with van der Waals surface area (Å²) in [5.41, 5.74) is 2.20. The summed E-state index contributed by atoms with van der Waals surface area (Å²) in [5.74, 6) is 2.09. The molecule has 1 N–H and O–H groups in total. The standard InChI is InChI=1S/C19H20N6O2/c26-19(16-12-15(21-22-16)17-2-1-11-27-17)25-9-7-24(8-10-25)18-6-5-14(20-23-18)13-3-4-13/h1-2,5-6,11-13H,3-4,7-10H2,(H,21,22). The van der Waals surface area contributed by atoms with Crippen LogP contribution in [0.25, 0.3) is 11.5 Å². The largest absolute Gasteiger partial charge is 0.463 e. The molecule has 4 heterocycles. The third-order valence-corrected chi connectivity index (χ3v) is 5.14. The summed E-state index contributed by atoms with van der Waals surface area (Å²) >= 11 is 0. The van der Waals surface area contributed by atoms with E-state index in [1.165, 1.54) is 12.8 Å². The van der Waals surface area contributed by atoms with Crippen molar-refractivity contribution in [2.45, 2.75) is 18.8 Å². The summed E-state index contributed by atoms with van der Waals surface area (Å²) < 4.78 is 5.33. The monoisotopic (exact) mass is 364 g/mol. The summed E-state index contributed by atoms with van der Waals surface area (Å²) in [6.07, 6.45) is 4.05. The zero-order chi connectivity index (χ0) is 18.2. The van der Waals surface area contributed by atoms with Crippen molar-refractivity contribution in [3.8, 4) is 11.5 Å². The summed E-state index contributed by atoms with van der Waals surface area (Å²) in [6.45, 7) is 2.74. The van der Waals surface area contributed by atoms with E-state index in [1.807, 2.05) is 17.0 Å². The number of amides is 1. The lowest BCUT2D eigenvalue weighted by Crippen LogP contribution is -2.49. The zero-order valence-corrected chi connectivity index (χ0v) is 14.8. The number of hydrogen-bond donors (Lipinski definition) is 1. The normalized spacial score (nSPS) is 17.3. The van der Waals surface area contributed by atoms with Crippen LogP contribution in [-0.4, -0.2) is 57.4 Å². The van der Waals surface area contributed by atoms with Crippen molar-refractivity contribution in [1.82, 2.24) is 25.3 Å². The predicted molar refractivity (Wildman–Crippen MR) is 98.4 cm³/mol. The molecule has 1 aliphatic heterocycles. The number of nitrogens with one attached hydrogen (secondary N) is 1. The Morgan fingerprint density at radius 1 is 1.11 bits per heavy atom. The number of furan rings is 1. The minimum absolute atomic E-state index is 0.0705. The van der Waals surface area contributed by atoms with Crippen molar-refractivity contribution < 1.29 is 9.21 Å². The molecular weight excluding hydrogens is 344 g/mol. The smallest absolute Gasteiger partial charge is 0.274 e. The van der Waals surface area contributed by atoms with Gasteiger partial charge in [0.2, 0.25) is 0 Å². The average Bonchev–Trinajstić information content (AvgIpc) is 3.20. The quantitative estimate of drug-likeness (QED) is 0.764. The zero-order valence-electron chi connectivity index (χ0n) is 14.8. The van der Waals surface area contributed by atoms with E-state index in [2.05, 4.69) is 31.4 Å². The molecule has 138 valence electrons. The van der Waals surface area contributed by atoms with Gasteiger partial charge in [-0.05, 0) is 37.1 Å². The van der Waals surface area contributed by atoms with Gasteiger partial charge in [-0.2, -0.15) is 10.2 Å². The van der Waals surface area contributed by atoms with Crippen LogP contribution < -0.4 is 4.90 Å². The second-order valence-corrected chi connectivity index (χ2v) is 7.01. The van der Waals surface area contributed by atoms with Crippen LogP contribution in [0.15, 0.2) is 41.0 Å². The van der Waals surface area contributed by atoms with Crippen molar-refractivity contribution in [2.24, 2.45) is 0 Å². The van der Waals surface area contributed by atoms with Gasteiger partial charge in [-0.15, -0.1) is 5.10 Å². The Morgan fingerprint density at radius 3 is 2.63 bits per heavy atom. The number of rotatable bonds is 4. The van der Waals surface area contributed by atoms with Gasteiger partial charge in [0.05, 0.1) is 12.0 Å². The van der Waals surface area contributed by atoms with Gasteiger partial charge in [0, 0.05) is 38.2 Å². The highest BCUT2D eigenvalue weighted by Crippen LogP contribution is 2.38. The Hall–Kier alpha value is -3.16. The predicted octanol–water partition coefficient (Wildman–Crippen LogP) is 2.30. The van der Waals surface area contributed by atoms with Crippen LogP contribution in [0.4, 0.5) is 5.82 Å². The van der Waals surface area contributed by atoms with Gasteiger partial charge >= 0.3 is 0 Å². The summed E-state index contributed by atoms with van der Waals surface area (Å²) in [6, 6.07) is 9.49. The topological polar surface area (TPSA) is 91.2 Å². The third kappa shape index (κ3) is 3.18. The average molecular weight is 364 g/mol. The minimum atomic E-state index is -0.0705. The van der Waals surface area contributed by atoms with Gasteiger partial charge in [-0.1, -0.05) is 0 Å². The highest BCUT2D eigenvalue weighted by molar-refractivity contribution is 5.93. The fraction of sp³-hybridized carbons (Fsp3) is 0.368. The SMILES string of the molecule is O=C(c1cc(-c2ccco2)[nH]n1)N1CCN(c2ccc(C3CC3)nn2)CC1. The molecule has 0 spiro atoms. The molecule has 0 aromatic carbocycles. The van der Waals surface area contributed by atoms with Gasteiger partial charge in [0.25, 0.3) is 5.91 Å². The molecule has 0 bridgehead atoms. The van der Waals surface area contributed by atoms with E-state index < -0.39 is 0 Å². The second kappa shape index (κ2) is 6.53. The fourth-order valence-corrected chi connectivity index (χ4v) is 3.39. The molecule has 2 fully saturated rings. The van der Waals surface area contributed by atoms with E-state index in [4.69, 9.17) is 4.42 Å². The molecule has 1 aliphatic carbocycles. The molecule has 5 rings (SSSR count). The first-order valence-electron chi connectivity index (χ1n) is 9.25. The van der Waals surface area contributed by atoms with Gasteiger partial charge in [0.15, 0.2) is 17.3 Å². The van der Waals surface area contributed by atoms with Crippen molar-refractivity contribution in [3.05, 3.63) is 48.0 Å². The van der Waals surface area contributed by atoms with Crippen LogP contribution in [0.1, 0.15) is 34.9 Å². The Labute approximate surface area is 156 Å². The van der Waals surface area contributed by atoms with Crippen LogP contribution >= 0.6 is 0 Å². The molecular formula is C19H20N6O2. The summed E-state index contributed by atoms with van der Waals surface area (Å²) in [5, 5.41) is 15.7. The van der Waals surface area contributed by atoms with E-state index in [-0.39, 0.29) is 5.91 Å². The second-order valence-electron chi connectivity index (χ2n) is 7.01. The highest BCUT2D eigenvalue weighted by Gasteiger charge is 2.27. The molecule has 8 nitrogen and oxygen atoms in total. The molecule has 2 aliphatic rings. The van der Waals surface area contributed by atoms with E-state index in [9.17, 15) is 4.79 Å². The Balaban J connectivity index is 1.21. The van der Waals surface area contributed by atoms with Crippen molar-refractivity contribution in [2.75, 3.05) is 31.1 Å². The Morgan fingerprint density at radius 2 is 1.96 bits per heavy atom. The number of carbonyl (C=O) groups is 1. The first-order valence-corrected chi connectivity index (χ1v) is 9.25. The molecule has 3 aromatic heterocycles. The number of anilines is 1. The molecule has 8 heteroatoms. The lowest BCUT2D eigenvalue weighted by Gasteiger charge is -2.34. The molecule has 0 atom stereocenters. The van der Waals surface area contributed by atoms with Crippen LogP contribution in [0, 0.1) is 0 Å². The first-order chi connectivity index (χ1) is 13.3. The fourth-order valence-electron chi connectivity index (χ4n) is 3.39. The van der Waals surface area contributed by atoms with Gasteiger partial charge < -0.3 is 14.2 Å². The lowest BCUT2D eigenvalue weighted by molar-refractivity contribution is 0.0740. The molecule has 1 saturated heterocycles. The number of piperazine rings is 1. The number of H-pyrrole nitrogens is 1. The van der Waals surface area contributed by atoms with Crippen LogP contribution in [0.2, 0.25) is 0 Å². The maximum atomic E-state index is 12.7. The molecule has 1 saturated carbocycles. The van der Waals surface area contributed by atoms with Crippen LogP contribution in [-0.2, 0) is 0 Å². The van der Waals surface area contributed by atoms with Gasteiger partial charge in [0.1, 0.15) is 5.69 Å². The number of aromatic nitrogens is 4. The molecule has 27 heavy (non-hydrogen) atoms. The number of hydrogen-bond acceptors (Lipinski definition) is 6. The van der Waals surface area contributed by atoms with E-state index in [0.717, 1.165) is 24.6 Å². The van der Waals surface area contributed by atoms with Crippen molar-refractivity contribution in [3.63, 3.8) is 0 Å². The van der Waals surface area contributed by atoms with E-state index >= 15 is 0 Å². The number of aromatic amines is 1. The third-order valence-electron chi connectivity index (χ3n) is 5.14. The summed E-state index contributed by atoms with van der Waals surface area (Å²) in [7, 11) is 0. The first kappa shape index (κ1) is 16.0. The van der Waals surface area contributed by atoms with E-state index in [1.54, 1.807) is 18.4 Å². The van der Waals surface area contributed by atoms with Crippen LogP contribution in [0.5, 0.6) is 0 Å².